The molecule has 6 nitrogen and oxygen atoms in total. The molecule has 2 rings (SSSR count). The summed E-state index contributed by atoms with van der Waals surface area (Å²) in [4.78, 5) is 19.2. The van der Waals surface area contributed by atoms with Crippen LogP contribution in [-0.4, -0.2) is 42.3 Å². The van der Waals surface area contributed by atoms with Gasteiger partial charge in [0.15, 0.2) is 0 Å². The van der Waals surface area contributed by atoms with Gasteiger partial charge in [0.1, 0.15) is 5.82 Å². The Labute approximate surface area is 106 Å². The zero-order valence-corrected chi connectivity index (χ0v) is 10.4. The van der Waals surface area contributed by atoms with Crippen molar-refractivity contribution < 1.29 is 14.3 Å². The summed E-state index contributed by atoms with van der Waals surface area (Å²) < 4.78 is 10.1. The summed E-state index contributed by atoms with van der Waals surface area (Å²) in [6, 6.07) is 1.72. The molecule has 98 valence electrons. The van der Waals surface area contributed by atoms with Gasteiger partial charge in [-0.05, 0) is 25.3 Å². The molecule has 0 spiro atoms. The number of carbonyl (C=O) groups is 1. The van der Waals surface area contributed by atoms with Crippen molar-refractivity contribution in [3.8, 4) is 0 Å². The van der Waals surface area contributed by atoms with Crippen molar-refractivity contribution in [3.63, 3.8) is 0 Å². The van der Waals surface area contributed by atoms with E-state index < -0.39 is 5.97 Å². The molecule has 1 unspecified atom stereocenters. The molecule has 1 aromatic heterocycles. The van der Waals surface area contributed by atoms with Crippen LogP contribution in [0.3, 0.4) is 0 Å². The van der Waals surface area contributed by atoms with Crippen LogP contribution in [0.15, 0.2) is 12.3 Å². The molecule has 0 radical (unpaired) electrons. The van der Waals surface area contributed by atoms with Crippen LogP contribution in [0, 0.1) is 0 Å². The standard InChI is InChI=1S/C12H17N3O3/c1-17-12(16)11-14-7-5-10(15-11)13-6-4-9-3-2-8-18-9/h5,7,9H,2-4,6,8H2,1H3,(H,13,14,15). The molecular weight excluding hydrogens is 234 g/mol. The number of nitrogens with one attached hydrogen (secondary N) is 1. The molecular formula is C12H17N3O3. The van der Waals surface area contributed by atoms with E-state index in [-0.39, 0.29) is 5.82 Å². The summed E-state index contributed by atoms with van der Waals surface area (Å²) in [7, 11) is 1.31. The largest absolute Gasteiger partial charge is 0.463 e. The van der Waals surface area contributed by atoms with E-state index in [1.165, 1.54) is 13.3 Å². The lowest BCUT2D eigenvalue weighted by atomic mass is 10.2. The van der Waals surface area contributed by atoms with E-state index in [0.29, 0.717) is 11.9 Å². The first-order chi connectivity index (χ1) is 8.79. The molecule has 1 aliphatic rings. The third-order valence-corrected chi connectivity index (χ3v) is 2.82. The second kappa shape index (κ2) is 6.30. The fourth-order valence-electron chi connectivity index (χ4n) is 1.88. The van der Waals surface area contributed by atoms with Crippen molar-refractivity contribution in [2.45, 2.75) is 25.4 Å². The normalized spacial score (nSPS) is 18.6. The monoisotopic (exact) mass is 251 g/mol. The number of rotatable bonds is 5. The van der Waals surface area contributed by atoms with E-state index in [1.54, 1.807) is 6.07 Å². The first-order valence-electron chi connectivity index (χ1n) is 6.06. The minimum absolute atomic E-state index is 0.0691. The van der Waals surface area contributed by atoms with Gasteiger partial charge in [0, 0.05) is 19.3 Å². The number of anilines is 1. The highest BCUT2D eigenvalue weighted by Crippen LogP contribution is 2.15. The number of esters is 1. The number of hydrogen-bond acceptors (Lipinski definition) is 6. The Bertz CT molecular complexity index is 405. The van der Waals surface area contributed by atoms with Crippen LogP contribution < -0.4 is 5.32 Å². The van der Waals surface area contributed by atoms with Crippen molar-refractivity contribution >= 4 is 11.8 Å². The maximum atomic E-state index is 11.3. The first kappa shape index (κ1) is 12.8. The van der Waals surface area contributed by atoms with Gasteiger partial charge >= 0.3 is 5.97 Å². The molecule has 6 heteroatoms. The molecule has 1 atom stereocenters. The van der Waals surface area contributed by atoms with Crippen molar-refractivity contribution in [1.29, 1.82) is 0 Å². The van der Waals surface area contributed by atoms with Crippen molar-refractivity contribution in [3.05, 3.63) is 18.1 Å². The third kappa shape index (κ3) is 3.40. The molecule has 18 heavy (non-hydrogen) atoms. The minimum Gasteiger partial charge on any atom is -0.463 e. The Morgan fingerprint density at radius 2 is 2.56 bits per heavy atom. The minimum atomic E-state index is -0.530. The van der Waals surface area contributed by atoms with Crippen LogP contribution in [0.4, 0.5) is 5.82 Å². The van der Waals surface area contributed by atoms with Gasteiger partial charge in [0.25, 0.3) is 0 Å². The number of ether oxygens (including phenoxy) is 2. The quantitative estimate of drug-likeness (QED) is 0.794. The summed E-state index contributed by atoms with van der Waals surface area (Å²) in [5.74, 6) is 0.167. The highest BCUT2D eigenvalue weighted by molar-refractivity contribution is 5.85. The molecule has 0 aliphatic carbocycles. The number of nitrogens with zero attached hydrogens (tertiary/aromatic N) is 2. The fourth-order valence-corrected chi connectivity index (χ4v) is 1.88. The van der Waals surface area contributed by atoms with Gasteiger partial charge in [-0.2, -0.15) is 0 Å². The Kier molecular flexibility index (Phi) is 4.46. The van der Waals surface area contributed by atoms with Gasteiger partial charge in [-0.15, -0.1) is 0 Å². The Hall–Kier alpha value is -1.69. The van der Waals surface area contributed by atoms with Gasteiger partial charge in [-0.3, -0.25) is 0 Å². The molecule has 1 aromatic rings. The van der Waals surface area contributed by atoms with Crippen LogP contribution in [0.1, 0.15) is 29.9 Å². The fraction of sp³-hybridized carbons (Fsp3) is 0.583. The van der Waals surface area contributed by atoms with Crippen LogP contribution in [0.2, 0.25) is 0 Å². The Morgan fingerprint density at radius 1 is 1.67 bits per heavy atom. The summed E-state index contributed by atoms with van der Waals surface area (Å²) >= 11 is 0. The second-order valence-corrected chi connectivity index (χ2v) is 4.11. The number of aromatic nitrogens is 2. The predicted molar refractivity (Wildman–Crippen MR) is 65.5 cm³/mol. The van der Waals surface area contributed by atoms with E-state index in [1.807, 2.05) is 0 Å². The highest BCUT2D eigenvalue weighted by Gasteiger charge is 2.15. The van der Waals surface area contributed by atoms with Gasteiger partial charge < -0.3 is 14.8 Å². The topological polar surface area (TPSA) is 73.3 Å². The summed E-state index contributed by atoms with van der Waals surface area (Å²) in [6.07, 6.45) is 5.09. The first-order valence-corrected chi connectivity index (χ1v) is 6.06. The maximum absolute atomic E-state index is 11.3. The highest BCUT2D eigenvalue weighted by atomic mass is 16.5. The van der Waals surface area contributed by atoms with Crippen LogP contribution in [0.5, 0.6) is 0 Å². The third-order valence-electron chi connectivity index (χ3n) is 2.82. The van der Waals surface area contributed by atoms with Gasteiger partial charge in [0.2, 0.25) is 5.82 Å². The van der Waals surface area contributed by atoms with Crippen molar-refractivity contribution in [2.75, 3.05) is 25.6 Å². The predicted octanol–water partition coefficient (Wildman–Crippen LogP) is 1.24. The van der Waals surface area contributed by atoms with Crippen LogP contribution in [-0.2, 0) is 9.47 Å². The van der Waals surface area contributed by atoms with E-state index in [0.717, 1.165) is 32.4 Å². The van der Waals surface area contributed by atoms with Gasteiger partial charge in [0.05, 0.1) is 13.2 Å². The zero-order valence-electron chi connectivity index (χ0n) is 10.4. The van der Waals surface area contributed by atoms with Crippen molar-refractivity contribution in [2.24, 2.45) is 0 Å². The molecule has 2 heterocycles. The van der Waals surface area contributed by atoms with Gasteiger partial charge in [-0.25, -0.2) is 14.8 Å². The summed E-state index contributed by atoms with van der Waals surface area (Å²) in [5, 5.41) is 3.15. The molecule has 0 saturated carbocycles. The SMILES string of the molecule is COC(=O)c1nccc(NCCC2CCCO2)n1. The van der Waals surface area contributed by atoms with E-state index >= 15 is 0 Å². The van der Waals surface area contributed by atoms with E-state index in [4.69, 9.17) is 4.74 Å². The number of carbonyl (C=O) groups excluding carboxylic acids is 1. The average molecular weight is 251 g/mol. The summed E-state index contributed by atoms with van der Waals surface area (Å²) in [5.41, 5.74) is 0. The van der Waals surface area contributed by atoms with Crippen LogP contribution >= 0.6 is 0 Å². The molecule has 0 amide bonds. The maximum Gasteiger partial charge on any atom is 0.376 e. The lowest BCUT2D eigenvalue weighted by Gasteiger charge is -2.10. The summed E-state index contributed by atoms with van der Waals surface area (Å²) in [6.45, 7) is 1.63. The van der Waals surface area contributed by atoms with E-state index in [2.05, 4.69) is 20.0 Å². The second-order valence-electron chi connectivity index (χ2n) is 4.11. The molecule has 1 aliphatic heterocycles. The molecule has 0 bridgehead atoms. The van der Waals surface area contributed by atoms with E-state index in [9.17, 15) is 4.79 Å². The Morgan fingerprint density at radius 3 is 3.28 bits per heavy atom. The molecule has 1 saturated heterocycles. The number of hydrogen-bond donors (Lipinski definition) is 1. The van der Waals surface area contributed by atoms with Crippen LogP contribution in [0.25, 0.3) is 0 Å². The average Bonchev–Trinajstić information content (AvgIpc) is 2.91. The molecule has 0 aromatic carbocycles. The lowest BCUT2D eigenvalue weighted by molar-refractivity contribution is 0.0587. The molecule has 1 fully saturated rings. The Balaban J connectivity index is 1.83. The zero-order chi connectivity index (χ0) is 12.8. The van der Waals surface area contributed by atoms with Gasteiger partial charge in [-0.1, -0.05) is 0 Å². The smallest absolute Gasteiger partial charge is 0.376 e. The molecule has 1 N–H and O–H groups in total. The number of methoxy groups -OCH3 is 1. The lowest BCUT2D eigenvalue weighted by Crippen LogP contribution is -2.14. The van der Waals surface area contributed by atoms with Crippen molar-refractivity contribution in [1.82, 2.24) is 9.97 Å².